The molecule has 3 heterocycles. The Morgan fingerprint density at radius 3 is 2.27 bits per heavy atom. The lowest BCUT2D eigenvalue weighted by Crippen LogP contribution is -2.49. The van der Waals surface area contributed by atoms with Crippen LogP contribution in [-0.4, -0.2) is 104 Å². The van der Waals surface area contributed by atoms with Gasteiger partial charge in [-0.05, 0) is 62.1 Å². The highest BCUT2D eigenvalue weighted by atomic mass is 16.5. The second kappa shape index (κ2) is 13.4. The number of nitrogens with one attached hydrogen (secondary N) is 1. The molecule has 2 aliphatic heterocycles. The predicted octanol–water partition coefficient (Wildman–Crippen LogP) is 4.22. The van der Waals surface area contributed by atoms with Crippen LogP contribution in [0.15, 0.2) is 30.3 Å². The minimum Gasteiger partial charge on any atom is -0.383 e. The second-order valence-electron chi connectivity index (χ2n) is 11.6. The minimum absolute atomic E-state index is 0.117. The van der Waals surface area contributed by atoms with Crippen LogP contribution in [0.4, 0.5) is 5.69 Å². The normalized spacial score (nSPS) is 17.0. The van der Waals surface area contributed by atoms with Crippen molar-refractivity contribution in [3.8, 4) is 0 Å². The third-order valence-corrected chi connectivity index (χ3v) is 9.09. The quantitative estimate of drug-likeness (QED) is 0.400. The molecule has 0 radical (unpaired) electrons. The molecule has 3 aromatic rings. The third-order valence-electron chi connectivity index (χ3n) is 9.09. The number of anilines is 1. The number of benzene rings is 2. The zero-order chi connectivity index (χ0) is 28.9. The SMILES string of the molecule is COCCN1CCN(C(=O)c2cc(NCc3c(C)cccc3C)c3c(c2)c(C)c(C)n3CCN2CCOCC2)CC1. The number of methoxy groups -OCH3 is 1. The average Bonchev–Trinajstić information content (AvgIpc) is 3.23. The number of carbonyl (C=O) groups excluding carboxylic acids is 1. The molecule has 2 saturated heterocycles. The smallest absolute Gasteiger partial charge is 0.254 e. The summed E-state index contributed by atoms with van der Waals surface area (Å²) < 4.78 is 13.3. The van der Waals surface area contributed by atoms with E-state index in [9.17, 15) is 4.79 Å². The molecule has 5 rings (SSSR count). The van der Waals surface area contributed by atoms with Gasteiger partial charge in [0.2, 0.25) is 0 Å². The van der Waals surface area contributed by atoms with Crippen molar-refractivity contribution in [1.82, 2.24) is 19.3 Å². The second-order valence-corrected chi connectivity index (χ2v) is 11.6. The highest BCUT2D eigenvalue weighted by Crippen LogP contribution is 2.34. The van der Waals surface area contributed by atoms with E-state index in [-0.39, 0.29) is 5.91 Å². The van der Waals surface area contributed by atoms with Gasteiger partial charge in [0.05, 0.1) is 31.0 Å². The van der Waals surface area contributed by atoms with Gasteiger partial charge in [-0.1, -0.05) is 18.2 Å². The molecule has 8 nitrogen and oxygen atoms in total. The summed E-state index contributed by atoms with van der Waals surface area (Å²) in [6.45, 7) is 19.8. The van der Waals surface area contributed by atoms with Crippen LogP contribution in [0.3, 0.4) is 0 Å². The number of hydrogen-bond acceptors (Lipinski definition) is 6. The molecule has 0 aliphatic carbocycles. The lowest BCUT2D eigenvalue weighted by molar-refractivity contribution is 0.0365. The molecule has 2 aromatic carbocycles. The van der Waals surface area contributed by atoms with Crippen molar-refractivity contribution in [3.63, 3.8) is 0 Å². The zero-order valence-corrected chi connectivity index (χ0v) is 25.6. The number of hydrogen-bond donors (Lipinski definition) is 1. The lowest BCUT2D eigenvalue weighted by atomic mass is 10.0. The fourth-order valence-electron chi connectivity index (χ4n) is 6.27. The van der Waals surface area contributed by atoms with E-state index < -0.39 is 0 Å². The number of ether oxygens (including phenoxy) is 2. The highest BCUT2D eigenvalue weighted by molar-refractivity contribution is 6.04. The van der Waals surface area contributed by atoms with Crippen LogP contribution < -0.4 is 5.32 Å². The molecule has 41 heavy (non-hydrogen) atoms. The zero-order valence-electron chi connectivity index (χ0n) is 25.6. The largest absolute Gasteiger partial charge is 0.383 e. The molecule has 2 fully saturated rings. The minimum atomic E-state index is 0.117. The summed E-state index contributed by atoms with van der Waals surface area (Å²) in [7, 11) is 1.74. The van der Waals surface area contributed by atoms with E-state index in [1.165, 1.54) is 33.5 Å². The average molecular weight is 562 g/mol. The fraction of sp³-hybridized carbons (Fsp3) is 0.545. The van der Waals surface area contributed by atoms with Crippen molar-refractivity contribution in [3.05, 3.63) is 63.8 Å². The Balaban J connectivity index is 1.46. The van der Waals surface area contributed by atoms with Gasteiger partial charge in [-0.25, -0.2) is 0 Å². The maximum Gasteiger partial charge on any atom is 0.254 e. The number of morpholine rings is 1. The topological polar surface area (TPSA) is 62.2 Å². The molecule has 1 aromatic heterocycles. The predicted molar refractivity (Wildman–Crippen MR) is 166 cm³/mol. The summed E-state index contributed by atoms with van der Waals surface area (Å²) in [5.74, 6) is 0.117. The molecule has 2 aliphatic rings. The Morgan fingerprint density at radius 1 is 0.902 bits per heavy atom. The first-order chi connectivity index (χ1) is 19.9. The highest BCUT2D eigenvalue weighted by Gasteiger charge is 2.25. The van der Waals surface area contributed by atoms with Gasteiger partial charge in [0, 0.05) is 89.2 Å². The van der Waals surface area contributed by atoms with E-state index in [2.05, 4.69) is 77.7 Å². The van der Waals surface area contributed by atoms with Crippen molar-refractivity contribution in [1.29, 1.82) is 0 Å². The van der Waals surface area contributed by atoms with Gasteiger partial charge < -0.3 is 24.3 Å². The van der Waals surface area contributed by atoms with Crippen LogP contribution in [0.1, 0.15) is 38.3 Å². The first kappa shape index (κ1) is 29.6. The van der Waals surface area contributed by atoms with Crippen LogP contribution in [0.5, 0.6) is 0 Å². The monoisotopic (exact) mass is 561 g/mol. The Labute approximate surface area is 245 Å². The van der Waals surface area contributed by atoms with Gasteiger partial charge in [0.15, 0.2) is 0 Å². The molecule has 1 N–H and O–H groups in total. The maximum absolute atomic E-state index is 13.9. The Hall–Kier alpha value is -2.91. The van der Waals surface area contributed by atoms with Crippen LogP contribution in [-0.2, 0) is 22.6 Å². The molecule has 0 bridgehead atoms. The van der Waals surface area contributed by atoms with Crippen molar-refractivity contribution in [2.24, 2.45) is 0 Å². The molecule has 222 valence electrons. The number of aryl methyl sites for hydroxylation is 3. The fourth-order valence-corrected chi connectivity index (χ4v) is 6.27. The standard InChI is InChI=1S/C33H47N5O3/c1-24-7-6-8-25(2)30(24)23-34-31-22-28(33(39)37-12-9-35(10-13-37)15-18-40-5)21-29-26(3)27(4)38(32(29)31)14-11-36-16-19-41-20-17-36/h6-8,21-22,34H,9-20,23H2,1-5H3. The summed E-state index contributed by atoms with van der Waals surface area (Å²) in [6.07, 6.45) is 0. The molecule has 8 heteroatoms. The molecule has 0 atom stereocenters. The number of amides is 1. The van der Waals surface area contributed by atoms with Crippen LogP contribution in [0.25, 0.3) is 10.9 Å². The van der Waals surface area contributed by atoms with Crippen molar-refractivity contribution in [2.45, 2.75) is 40.8 Å². The summed E-state index contributed by atoms with van der Waals surface area (Å²) in [5.41, 5.74) is 9.37. The van der Waals surface area contributed by atoms with Gasteiger partial charge >= 0.3 is 0 Å². The van der Waals surface area contributed by atoms with Crippen LogP contribution >= 0.6 is 0 Å². The molecule has 0 unspecified atom stereocenters. The molecule has 0 spiro atoms. The molecule has 1 amide bonds. The number of piperazine rings is 1. The van der Waals surface area contributed by atoms with E-state index in [0.717, 1.165) is 102 Å². The number of fused-ring (bicyclic) bond motifs is 1. The number of aromatic nitrogens is 1. The van der Waals surface area contributed by atoms with Crippen molar-refractivity contribution < 1.29 is 14.3 Å². The molecular formula is C33H47N5O3. The third kappa shape index (κ3) is 6.61. The Bertz CT molecular complexity index is 1330. The number of carbonyl (C=O) groups is 1. The summed E-state index contributed by atoms with van der Waals surface area (Å²) in [6, 6.07) is 10.7. The van der Waals surface area contributed by atoms with Crippen LogP contribution in [0, 0.1) is 27.7 Å². The number of nitrogens with zero attached hydrogens (tertiary/aromatic N) is 4. The van der Waals surface area contributed by atoms with E-state index in [1.807, 2.05) is 4.90 Å². The summed E-state index contributed by atoms with van der Waals surface area (Å²) >= 11 is 0. The first-order valence-corrected chi connectivity index (χ1v) is 15.1. The molecular weight excluding hydrogens is 514 g/mol. The van der Waals surface area contributed by atoms with Crippen molar-refractivity contribution >= 4 is 22.5 Å². The van der Waals surface area contributed by atoms with E-state index in [0.29, 0.717) is 0 Å². The van der Waals surface area contributed by atoms with Gasteiger partial charge in [-0.3, -0.25) is 14.6 Å². The van der Waals surface area contributed by atoms with E-state index >= 15 is 0 Å². The van der Waals surface area contributed by atoms with Gasteiger partial charge in [-0.2, -0.15) is 0 Å². The lowest BCUT2D eigenvalue weighted by Gasteiger charge is -2.34. The van der Waals surface area contributed by atoms with Gasteiger partial charge in [0.25, 0.3) is 5.91 Å². The first-order valence-electron chi connectivity index (χ1n) is 15.1. The van der Waals surface area contributed by atoms with E-state index in [4.69, 9.17) is 9.47 Å². The Morgan fingerprint density at radius 2 is 1.59 bits per heavy atom. The number of rotatable bonds is 10. The maximum atomic E-state index is 13.9. The molecule has 0 saturated carbocycles. The van der Waals surface area contributed by atoms with Gasteiger partial charge in [-0.15, -0.1) is 0 Å². The van der Waals surface area contributed by atoms with Crippen molar-refractivity contribution in [2.75, 3.05) is 84.6 Å². The summed E-state index contributed by atoms with van der Waals surface area (Å²) in [5, 5.41) is 4.95. The van der Waals surface area contributed by atoms with Crippen LogP contribution in [0.2, 0.25) is 0 Å². The van der Waals surface area contributed by atoms with Gasteiger partial charge in [0.1, 0.15) is 0 Å². The summed E-state index contributed by atoms with van der Waals surface area (Å²) in [4.78, 5) is 20.7. The van der Waals surface area contributed by atoms with E-state index in [1.54, 1.807) is 7.11 Å². The Kier molecular flexibility index (Phi) is 9.65.